The fourth-order valence-corrected chi connectivity index (χ4v) is 2.56. The number of carboxylic acids is 1. The fourth-order valence-electron chi connectivity index (χ4n) is 2.56. The second-order valence-electron chi connectivity index (χ2n) is 4.95. The molecular formula is C13H23NO3. The summed E-state index contributed by atoms with van der Waals surface area (Å²) in [6, 6.07) is -0.158. The van der Waals surface area contributed by atoms with Crippen molar-refractivity contribution in [2.45, 2.75) is 52.5 Å². The molecule has 2 atom stereocenters. The molecule has 4 heteroatoms. The Kier molecular flexibility index (Phi) is 4.97. The standard InChI is InChI=1S/C13H23NO3/c1-4-10(5-2)8-12(15)14-7-6-11(9(14)3)13(16)17/h9-11H,4-8H2,1-3H3,(H,16,17). The van der Waals surface area contributed by atoms with E-state index in [0.29, 0.717) is 25.3 Å². The average molecular weight is 241 g/mol. The van der Waals surface area contributed by atoms with Gasteiger partial charge in [0.1, 0.15) is 0 Å². The van der Waals surface area contributed by atoms with Gasteiger partial charge < -0.3 is 10.0 Å². The van der Waals surface area contributed by atoms with Crippen molar-refractivity contribution in [3.05, 3.63) is 0 Å². The highest BCUT2D eigenvalue weighted by atomic mass is 16.4. The van der Waals surface area contributed by atoms with Gasteiger partial charge in [0.15, 0.2) is 0 Å². The van der Waals surface area contributed by atoms with E-state index in [1.54, 1.807) is 4.90 Å². The number of hydrogen-bond acceptors (Lipinski definition) is 2. The van der Waals surface area contributed by atoms with Crippen LogP contribution in [0.1, 0.15) is 46.5 Å². The first kappa shape index (κ1) is 14.0. The molecule has 1 aliphatic heterocycles. The van der Waals surface area contributed by atoms with Crippen LogP contribution in [0.2, 0.25) is 0 Å². The van der Waals surface area contributed by atoms with Crippen LogP contribution in [0.15, 0.2) is 0 Å². The van der Waals surface area contributed by atoms with E-state index in [4.69, 9.17) is 5.11 Å². The van der Waals surface area contributed by atoms with Crippen LogP contribution in [0.5, 0.6) is 0 Å². The lowest BCUT2D eigenvalue weighted by molar-refractivity contribution is -0.143. The predicted octanol–water partition coefficient (Wildman–Crippen LogP) is 2.13. The summed E-state index contributed by atoms with van der Waals surface area (Å²) in [7, 11) is 0. The van der Waals surface area contributed by atoms with Crippen molar-refractivity contribution in [1.82, 2.24) is 4.90 Å². The molecule has 0 aromatic rings. The van der Waals surface area contributed by atoms with Crippen molar-refractivity contribution >= 4 is 11.9 Å². The van der Waals surface area contributed by atoms with Gasteiger partial charge in [0.05, 0.1) is 5.92 Å². The maximum Gasteiger partial charge on any atom is 0.308 e. The molecule has 0 aliphatic carbocycles. The van der Waals surface area contributed by atoms with Crippen LogP contribution >= 0.6 is 0 Å². The molecule has 17 heavy (non-hydrogen) atoms. The van der Waals surface area contributed by atoms with Crippen molar-refractivity contribution in [3.8, 4) is 0 Å². The lowest BCUT2D eigenvalue weighted by Crippen LogP contribution is -2.38. The molecule has 2 unspecified atom stereocenters. The van der Waals surface area contributed by atoms with Gasteiger partial charge in [-0.15, -0.1) is 0 Å². The van der Waals surface area contributed by atoms with Crippen LogP contribution in [0.4, 0.5) is 0 Å². The van der Waals surface area contributed by atoms with Gasteiger partial charge in [-0.1, -0.05) is 26.7 Å². The van der Waals surface area contributed by atoms with Crippen LogP contribution in [0.25, 0.3) is 0 Å². The lowest BCUT2D eigenvalue weighted by Gasteiger charge is -2.25. The maximum atomic E-state index is 12.1. The number of carbonyl (C=O) groups is 2. The Hall–Kier alpha value is -1.06. The molecule has 0 bridgehead atoms. The van der Waals surface area contributed by atoms with Crippen molar-refractivity contribution in [3.63, 3.8) is 0 Å². The molecule has 1 aliphatic rings. The molecule has 0 aromatic carbocycles. The maximum absolute atomic E-state index is 12.1. The van der Waals surface area contributed by atoms with E-state index in [1.165, 1.54) is 0 Å². The highest BCUT2D eigenvalue weighted by Crippen LogP contribution is 2.26. The van der Waals surface area contributed by atoms with Crippen LogP contribution in [0, 0.1) is 11.8 Å². The molecule has 1 heterocycles. The summed E-state index contributed by atoms with van der Waals surface area (Å²) in [6.07, 6.45) is 3.16. The largest absolute Gasteiger partial charge is 0.481 e. The Morgan fingerprint density at radius 2 is 1.94 bits per heavy atom. The van der Waals surface area contributed by atoms with E-state index in [-0.39, 0.29) is 17.9 Å². The first-order chi connectivity index (χ1) is 8.01. The number of carboxylic acid groups (broad SMARTS) is 1. The molecule has 98 valence electrons. The average Bonchev–Trinajstić information content (AvgIpc) is 2.67. The molecule has 0 saturated carbocycles. The van der Waals surface area contributed by atoms with E-state index in [1.807, 2.05) is 6.92 Å². The number of hydrogen-bond donors (Lipinski definition) is 1. The number of rotatable bonds is 5. The monoisotopic (exact) mass is 241 g/mol. The number of nitrogens with zero attached hydrogens (tertiary/aromatic N) is 1. The third kappa shape index (κ3) is 3.20. The summed E-state index contributed by atoms with van der Waals surface area (Å²) in [4.78, 5) is 24.8. The molecule has 0 radical (unpaired) electrons. The predicted molar refractivity (Wildman–Crippen MR) is 65.6 cm³/mol. The number of likely N-dealkylation sites (tertiary alicyclic amines) is 1. The molecule has 1 N–H and O–H groups in total. The third-order valence-electron chi connectivity index (χ3n) is 4.01. The summed E-state index contributed by atoms with van der Waals surface area (Å²) in [5.74, 6) is -0.621. The summed E-state index contributed by atoms with van der Waals surface area (Å²) in [5, 5.41) is 9.02. The Balaban J connectivity index is 2.57. The molecule has 0 spiro atoms. The Morgan fingerprint density at radius 3 is 2.35 bits per heavy atom. The number of carbonyl (C=O) groups excluding carboxylic acids is 1. The second kappa shape index (κ2) is 6.03. The quantitative estimate of drug-likeness (QED) is 0.802. The smallest absolute Gasteiger partial charge is 0.308 e. The highest BCUT2D eigenvalue weighted by molar-refractivity contribution is 5.79. The van der Waals surface area contributed by atoms with Crippen LogP contribution < -0.4 is 0 Å². The van der Waals surface area contributed by atoms with E-state index >= 15 is 0 Å². The summed E-state index contributed by atoms with van der Waals surface area (Å²) < 4.78 is 0. The van der Waals surface area contributed by atoms with Crippen molar-refractivity contribution in [1.29, 1.82) is 0 Å². The first-order valence-corrected chi connectivity index (χ1v) is 6.53. The Morgan fingerprint density at radius 1 is 1.35 bits per heavy atom. The van der Waals surface area contributed by atoms with Crippen molar-refractivity contribution in [2.24, 2.45) is 11.8 Å². The topological polar surface area (TPSA) is 57.6 Å². The van der Waals surface area contributed by atoms with Gasteiger partial charge in [-0.2, -0.15) is 0 Å². The van der Waals surface area contributed by atoms with Crippen LogP contribution in [-0.2, 0) is 9.59 Å². The van der Waals surface area contributed by atoms with E-state index in [0.717, 1.165) is 12.8 Å². The zero-order chi connectivity index (χ0) is 13.0. The summed E-state index contributed by atoms with van der Waals surface area (Å²) in [6.45, 7) is 6.62. The zero-order valence-corrected chi connectivity index (χ0v) is 11.0. The van der Waals surface area contributed by atoms with E-state index in [9.17, 15) is 9.59 Å². The van der Waals surface area contributed by atoms with Gasteiger partial charge in [0.2, 0.25) is 5.91 Å². The van der Waals surface area contributed by atoms with Gasteiger partial charge in [-0.25, -0.2) is 0 Å². The third-order valence-corrected chi connectivity index (χ3v) is 4.01. The van der Waals surface area contributed by atoms with Crippen LogP contribution in [-0.4, -0.2) is 34.5 Å². The van der Waals surface area contributed by atoms with Gasteiger partial charge in [0.25, 0.3) is 0 Å². The van der Waals surface area contributed by atoms with Gasteiger partial charge in [0, 0.05) is 19.0 Å². The Bertz CT molecular complexity index is 286. The normalized spacial score (nSPS) is 24.4. The minimum Gasteiger partial charge on any atom is -0.481 e. The summed E-state index contributed by atoms with van der Waals surface area (Å²) >= 11 is 0. The molecule has 1 saturated heterocycles. The Labute approximate surface area is 103 Å². The number of amides is 1. The van der Waals surface area contributed by atoms with Gasteiger partial charge in [-0.3, -0.25) is 9.59 Å². The van der Waals surface area contributed by atoms with Crippen LogP contribution in [0.3, 0.4) is 0 Å². The molecular weight excluding hydrogens is 218 g/mol. The SMILES string of the molecule is CCC(CC)CC(=O)N1CCC(C(=O)O)C1C. The van der Waals surface area contributed by atoms with Gasteiger partial charge >= 0.3 is 5.97 Å². The second-order valence-corrected chi connectivity index (χ2v) is 4.95. The lowest BCUT2D eigenvalue weighted by atomic mass is 9.98. The number of aliphatic carboxylic acids is 1. The zero-order valence-electron chi connectivity index (χ0n) is 11.0. The minimum absolute atomic E-state index is 0.120. The van der Waals surface area contributed by atoms with E-state index in [2.05, 4.69) is 13.8 Å². The molecule has 1 rings (SSSR count). The van der Waals surface area contributed by atoms with Crippen molar-refractivity contribution in [2.75, 3.05) is 6.54 Å². The molecule has 1 fully saturated rings. The van der Waals surface area contributed by atoms with Crippen molar-refractivity contribution < 1.29 is 14.7 Å². The van der Waals surface area contributed by atoms with Gasteiger partial charge in [-0.05, 0) is 19.3 Å². The summed E-state index contributed by atoms with van der Waals surface area (Å²) in [5.41, 5.74) is 0. The minimum atomic E-state index is -0.782. The van der Waals surface area contributed by atoms with E-state index < -0.39 is 5.97 Å². The highest BCUT2D eigenvalue weighted by Gasteiger charge is 2.38. The molecule has 1 amide bonds. The fraction of sp³-hybridized carbons (Fsp3) is 0.846. The first-order valence-electron chi connectivity index (χ1n) is 6.53. The molecule has 4 nitrogen and oxygen atoms in total. The molecule has 0 aromatic heterocycles.